The van der Waals surface area contributed by atoms with Gasteiger partial charge in [-0.25, -0.2) is 19.7 Å². The number of fused-ring (bicyclic) bond motifs is 1. The fourth-order valence-electron chi connectivity index (χ4n) is 4.75. The number of aromatic amines is 1. The van der Waals surface area contributed by atoms with E-state index in [1.807, 2.05) is 32.2 Å². The van der Waals surface area contributed by atoms with Crippen LogP contribution in [0, 0.1) is 0 Å². The van der Waals surface area contributed by atoms with Gasteiger partial charge in [0.25, 0.3) is 0 Å². The standard InChI is InChI=1S/C22H29N9O2/c1-14-12-30(22(32)33)13-15(2)31(14)21-24-11-17-20(25-21)19(27-26-17)16-4-5-18(23-10-16)29-8-6-28(3)7-9-29/h4-5,10-11,14-15H,6-9,12-13H2,1-3H3,(H,26,27)(H,32,33)/t14-,15+. The highest BCUT2D eigenvalue weighted by atomic mass is 16.4. The number of piperazine rings is 2. The van der Waals surface area contributed by atoms with Crippen LogP contribution in [0.5, 0.6) is 0 Å². The van der Waals surface area contributed by atoms with Crippen molar-refractivity contribution >= 4 is 28.9 Å². The third-order valence-corrected chi connectivity index (χ3v) is 6.56. The highest BCUT2D eigenvalue weighted by molar-refractivity contribution is 5.89. The topological polar surface area (TPSA) is 118 Å². The highest BCUT2D eigenvalue weighted by Crippen LogP contribution is 2.28. The second-order valence-electron chi connectivity index (χ2n) is 8.99. The van der Waals surface area contributed by atoms with E-state index < -0.39 is 6.09 Å². The van der Waals surface area contributed by atoms with E-state index in [0.29, 0.717) is 19.0 Å². The van der Waals surface area contributed by atoms with Crippen LogP contribution < -0.4 is 9.80 Å². The van der Waals surface area contributed by atoms with Gasteiger partial charge in [0.15, 0.2) is 0 Å². The summed E-state index contributed by atoms with van der Waals surface area (Å²) in [5, 5.41) is 16.9. The van der Waals surface area contributed by atoms with Crippen LogP contribution in [-0.4, -0.2) is 105 Å². The van der Waals surface area contributed by atoms with Gasteiger partial charge in [0.1, 0.15) is 22.5 Å². The number of carboxylic acid groups (broad SMARTS) is 1. The predicted molar refractivity (Wildman–Crippen MR) is 126 cm³/mol. The van der Waals surface area contributed by atoms with Crippen molar-refractivity contribution in [1.82, 2.24) is 34.9 Å². The molecule has 3 aromatic rings. The zero-order valence-corrected chi connectivity index (χ0v) is 19.1. The van der Waals surface area contributed by atoms with Crippen LogP contribution >= 0.6 is 0 Å². The van der Waals surface area contributed by atoms with E-state index in [0.717, 1.165) is 54.3 Å². The minimum absolute atomic E-state index is 0.0396. The molecule has 2 aliphatic heterocycles. The number of nitrogens with zero attached hydrogens (tertiary/aromatic N) is 8. The fourth-order valence-corrected chi connectivity index (χ4v) is 4.75. The Balaban J connectivity index is 1.41. The first-order chi connectivity index (χ1) is 15.9. The molecule has 2 saturated heterocycles. The molecule has 0 unspecified atom stereocenters. The minimum atomic E-state index is -0.894. The van der Waals surface area contributed by atoms with Gasteiger partial charge in [0.2, 0.25) is 5.95 Å². The zero-order valence-electron chi connectivity index (χ0n) is 19.1. The van der Waals surface area contributed by atoms with Gasteiger partial charge in [0.05, 0.1) is 6.20 Å². The first-order valence-corrected chi connectivity index (χ1v) is 11.3. The van der Waals surface area contributed by atoms with Crippen LogP contribution in [-0.2, 0) is 0 Å². The largest absolute Gasteiger partial charge is 0.465 e. The van der Waals surface area contributed by atoms with E-state index in [2.05, 4.69) is 41.9 Å². The molecule has 0 aliphatic carbocycles. The molecule has 5 heterocycles. The molecule has 0 radical (unpaired) electrons. The summed E-state index contributed by atoms with van der Waals surface area (Å²) >= 11 is 0. The van der Waals surface area contributed by atoms with Gasteiger partial charge in [-0.3, -0.25) is 5.10 Å². The van der Waals surface area contributed by atoms with Crippen LogP contribution in [0.2, 0.25) is 0 Å². The minimum Gasteiger partial charge on any atom is -0.465 e. The number of rotatable bonds is 3. The molecule has 2 fully saturated rings. The van der Waals surface area contributed by atoms with Crippen LogP contribution in [0.1, 0.15) is 13.8 Å². The quantitative estimate of drug-likeness (QED) is 0.614. The van der Waals surface area contributed by atoms with Crippen molar-refractivity contribution in [3.05, 3.63) is 24.5 Å². The van der Waals surface area contributed by atoms with Crippen molar-refractivity contribution in [2.45, 2.75) is 25.9 Å². The summed E-state index contributed by atoms with van der Waals surface area (Å²) in [6.45, 7) is 8.82. The maximum atomic E-state index is 11.4. The number of anilines is 2. The van der Waals surface area contributed by atoms with Gasteiger partial charge in [-0.1, -0.05) is 0 Å². The molecular formula is C22H29N9O2. The lowest BCUT2D eigenvalue weighted by Crippen LogP contribution is -2.58. The van der Waals surface area contributed by atoms with Crippen molar-refractivity contribution in [3.8, 4) is 11.3 Å². The lowest BCUT2D eigenvalue weighted by molar-refractivity contribution is 0.128. The van der Waals surface area contributed by atoms with Gasteiger partial charge in [-0.2, -0.15) is 5.10 Å². The Labute approximate surface area is 192 Å². The Morgan fingerprint density at radius 3 is 2.42 bits per heavy atom. The summed E-state index contributed by atoms with van der Waals surface area (Å²) in [7, 11) is 2.14. The normalized spacial score (nSPS) is 22.2. The van der Waals surface area contributed by atoms with Crippen molar-refractivity contribution in [2.75, 3.05) is 56.1 Å². The molecule has 33 heavy (non-hydrogen) atoms. The Morgan fingerprint density at radius 1 is 1.06 bits per heavy atom. The van der Waals surface area contributed by atoms with Crippen molar-refractivity contribution in [2.24, 2.45) is 0 Å². The first-order valence-electron chi connectivity index (χ1n) is 11.3. The predicted octanol–water partition coefficient (Wildman–Crippen LogP) is 1.74. The molecular weight excluding hydrogens is 422 g/mol. The molecule has 5 rings (SSSR count). The SMILES string of the molecule is C[C@@H]1CN(C(=O)O)C[C@H](C)N1c1ncc2[nH]nc(-c3ccc(N4CCN(C)CC4)nc3)c2n1. The van der Waals surface area contributed by atoms with E-state index in [-0.39, 0.29) is 12.1 Å². The molecule has 0 spiro atoms. The second kappa shape index (κ2) is 8.47. The van der Waals surface area contributed by atoms with Crippen molar-refractivity contribution in [1.29, 1.82) is 0 Å². The Morgan fingerprint density at radius 2 is 1.79 bits per heavy atom. The number of hydrogen-bond acceptors (Lipinski definition) is 8. The summed E-state index contributed by atoms with van der Waals surface area (Å²) in [6, 6.07) is 4.00. The monoisotopic (exact) mass is 451 g/mol. The Kier molecular flexibility index (Phi) is 5.49. The number of H-pyrrole nitrogens is 1. The summed E-state index contributed by atoms with van der Waals surface area (Å²) in [5.74, 6) is 1.55. The van der Waals surface area contributed by atoms with Crippen LogP contribution in [0.3, 0.4) is 0 Å². The lowest BCUT2D eigenvalue weighted by atomic mass is 10.1. The molecule has 11 heteroatoms. The van der Waals surface area contributed by atoms with Crippen LogP contribution in [0.25, 0.3) is 22.3 Å². The molecule has 2 atom stereocenters. The van der Waals surface area contributed by atoms with E-state index in [9.17, 15) is 9.90 Å². The summed E-state index contributed by atoms with van der Waals surface area (Å²) < 4.78 is 0. The fraction of sp³-hybridized carbons (Fsp3) is 0.500. The number of likely N-dealkylation sites (N-methyl/N-ethyl adjacent to an activating group) is 1. The molecule has 0 saturated carbocycles. The summed E-state index contributed by atoms with van der Waals surface area (Å²) in [5.41, 5.74) is 3.10. The average molecular weight is 452 g/mol. The zero-order chi connectivity index (χ0) is 23.1. The molecule has 0 bridgehead atoms. The maximum absolute atomic E-state index is 11.4. The molecule has 174 valence electrons. The highest BCUT2D eigenvalue weighted by Gasteiger charge is 2.33. The molecule has 11 nitrogen and oxygen atoms in total. The van der Waals surface area contributed by atoms with Gasteiger partial charge < -0.3 is 24.7 Å². The third kappa shape index (κ3) is 4.04. The molecule has 1 amide bonds. The Bertz CT molecular complexity index is 1130. The van der Waals surface area contributed by atoms with Gasteiger partial charge >= 0.3 is 6.09 Å². The van der Waals surface area contributed by atoms with Crippen molar-refractivity contribution < 1.29 is 9.90 Å². The van der Waals surface area contributed by atoms with E-state index in [1.54, 1.807) is 6.20 Å². The number of nitrogens with one attached hydrogen (secondary N) is 1. The van der Waals surface area contributed by atoms with Crippen LogP contribution in [0.4, 0.5) is 16.6 Å². The number of hydrogen-bond donors (Lipinski definition) is 2. The third-order valence-electron chi connectivity index (χ3n) is 6.56. The summed E-state index contributed by atoms with van der Waals surface area (Å²) in [4.78, 5) is 33.6. The molecule has 3 aromatic heterocycles. The summed E-state index contributed by atoms with van der Waals surface area (Å²) in [6.07, 6.45) is 2.69. The second-order valence-corrected chi connectivity index (χ2v) is 8.99. The van der Waals surface area contributed by atoms with Gasteiger partial charge in [-0.15, -0.1) is 0 Å². The number of pyridine rings is 1. The number of amides is 1. The van der Waals surface area contributed by atoms with Crippen molar-refractivity contribution in [3.63, 3.8) is 0 Å². The number of aromatic nitrogens is 5. The molecule has 2 N–H and O–H groups in total. The maximum Gasteiger partial charge on any atom is 0.407 e. The lowest BCUT2D eigenvalue weighted by Gasteiger charge is -2.43. The van der Waals surface area contributed by atoms with Gasteiger partial charge in [0, 0.05) is 63.1 Å². The number of carbonyl (C=O) groups is 1. The first kappa shape index (κ1) is 21.4. The molecule has 2 aliphatic rings. The molecule has 0 aromatic carbocycles. The van der Waals surface area contributed by atoms with E-state index >= 15 is 0 Å². The Hall–Kier alpha value is -3.47. The van der Waals surface area contributed by atoms with Crippen LogP contribution in [0.15, 0.2) is 24.5 Å². The van der Waals surface area contributed by atoms with E-state index in [4.69, 9.17) is 4.98 Å². The van der Waals surface area contributed by atoms with E-state index in [1.165, 1.54) is 4.90 Å². The van der Waals surface area contributed by atoms with Gasteiger partial charge in [-0.05, 0) is 33.0 Å². The average Bonchev–Trinajstić information content (AvgIpc) is 3.22. The smallest absolute Gasteiger partial charge is 0.407 e.